The van der Waals surface area contributed by atoms with Gasteiger partial charge < -0.3 is 11.1 Å². The van der Waals surface area contributed by atoms with E-state index in [4.69, 9.17) is 17.3 Å². The Balaban J connectivity index is 3.38. The molecule has 0 spiro atoms. The number of halogens is 4. The second kappa shape index (κ2) is 6.07. The minimum atomic E-state index is -4.68. The number of alkyl halides is 3. The van der Waals surface area contributed by atoms with Gasteiger partial charge >= 0.3 is 6.18 Å². The second-order valence-corrected chi connectivity index (χ2v) is 5.26. The van der Waals surface area contributed by atoms with Crippen molar-refractivity contribution in [2.75, 3.05) is 13.1 Å². The molecule has 9 heteroatoms. The molecule has 3 N–H and O–H groups in total. The van der Waals surface area contributed by atoms with Crippen molar-refractivity contribution in [3.63, 3.8) is 0 Å². The fourth-order valence-corrected chi connectivity index (χ4v) is 1.84. The van der Waals surface area contributed by atoms with Crippen molar-refractivity contribution < 1.29 is 18.0 Å². The van der Waals surface area contributed by atoms with Gasteiger partial charge in [-0.25, -0.2) is 0 Å². The van der Waals surface area contributed by atoms with Crippen molar-refractivity contribution in [1.82, 2.24) is 9.88 Å². The van der Waals surface area contributed by atoms with Crippen LogP contribution in [0.1, 0.15) is 19.4 Å². The minimum Gasteiger partial charge on any atom is -0.353 e. The Bertz CT molecular complexity index is 596. The lowest BCUT2D eigenvalue weighted by Crippen LogP contribution is -2.49. The van der Waals surface area contributed by atoms with Crippen LogP contribution < -0.4 is 16.6 Å². The van der Waals surface area contributed by atoms with Crippen LogP contribution in [0.2, 0.25) is 5.02 Å². The standard InChI is InChI=1S/C12H15ClF3N3O2/c1-11(2,10(21)18-4-3-17)19-6-7(12(14,15)16)5-8(13)9(19)20/h5-6H,3-4,17H2,1-2H3,(H,18,21). The molecule has 1 aromatic rings. The summed E-state index contributed by atoms with van der Waals surface area (Å²) >= 11 is 5.56. The van der Waals surface area contributed by atoms with Gasteiger partial charge in [0.25, 0.3) is 5.56 Å². The number of nitrogens with one attached hydrogen (secondary N) is 1. The number of pyridine rings is 1. The highest BCUT2D eigenvalue weighted by Crippen LogP contribution is 2.30. The summed E-state index contributed by atoms with van der Waals surface area (Å²) in [4.78, 5) is 23.9. The fraction of sp³-hybridized carbons (Fsp3) is 0.500. The first-order valence-corrected chi connectivity index (χ1v) is 6.38. The predicted octanol–water partition coefficient (Wildman–Crippen LogP) is 1.33. The number of carbonyl (C=O) groups excluding carboxylic acids is 1. The van der Waals surface area contributed by atoms with Crippen LogP contribution in [0.3, 0.4) is 0 Å². The largest absolute Gasteiger partial charge is 0.417 e. The van der Waals surface area contributed by atoms with Gasteiger partial charge in [-0.05, 0) is 19.9 Å². The molecule has 0 fully saturated rings. The average molecular weight is 326 g/mol. The first kappa shape index (κ1) is 17.5. The van der Waals surface area contributed by atoms with Crippen molar-refractivity contribution in [2.24, 2.45) is 5.73 Å². The van der Waals surface area contributed by atoms with Gasteiger partial charge in [0.15, 0.2) is 0 Å². The topological polar surface area (TPSA) is 77.1 Å². The minimum absolute atomic E-state index is 0.143. The quantitative estimate of drug-likeness (QED) is 0.876. The Morgan fingerprint density at radius 1 is 1.43 bits per heavy atom. The molecule has 21 heavy (non-hydrogen) atoms. The normalized spacial score (nSPS) is 12.3. The summed E-state index contributed by atoms with van der Waals surface area (Å²) in [7, 11) is 0. The Kier molecular flexibility index (Phi) is 5.06. The third-order valence-corrected chi connectivity index (χ3v) is 3.16. The molecule has 0 saturated carbocycles. The highest BCUT2D eigenvalue weighted by Gasteiger charge is 2.36. The third kappa shape index (κ3) is 3.76. The van der Waals surface area contributed by atoms with E-state index in [2.05, 4.69) is 5.32 Å². The second-order valence-electron chi connectivity index (χ2n) is 4.85. The molecular formula is C12H15ClF3N3O2. The van der Waals surface area contributed by atoms with Crippen LogP contribution in [0, 0.1) is 0 Å². The molecular weight excluding hydrogens is 311 g/mol. The van der Waals surface area contributed by atoms with Crippen molar-refractivity contribution in [3.8, 4) is 0 Å². The van der Waals surface area contributed by atoms with Gasteiger partial charge in [0.05, 0.1) is 5.56 Å². The van der Waals surface area contributed by atoms with E-state index in [0.717, 1.165) is 0 Å². The number of nitrogens with zero attached hydrogens (tertiary/aromatic N) is 1. The van der Waals surface area contributed by atoms with Crippen molar-refractivity contribution in [2.45, 2.75) is 25.6 Å². The smallest absolute Gasteiger partial charge is 0.353 e. The molecule has 0 bridgehead atoms. The molecule has 0 aromatic carbocycles. The first-order valence-electron chi connectivity index (χ1n) is 6.00. The first-order chi connectivity index (χ1) is 9.51. The molecule has 118 valence electrons. The molecule has 1 aromatic heterocycles. The van der Waals surface area contributed by atoms with E-state index < -0.39 is 33.8 Å². The number of rotatable bonds is 4. The third-order valence-electron chi connectivity index (χ3n) is 2.89. The maximum atomic E-state index is 12.8. The highest BCUT2D eigenvalue weighted by molar-refractivity contribution is 6.30. The van der Waals surface area contributed by atoms with Crippen LogP contribution in [-0.4, -0.2) is 23.6 Å². The summed E-state index contributed by atoms with van der Waals surface area (Å²) in [6.07, 6.45) is -4.10. The maximum absolute atomic E-state index is 12.8. The molecule has 5 nitrogen and oxygen atoms in total. The number of aromatic nitrogens is 1. The maximum Gasteiger partial charge on any atom is 0.417 e. The van der Waals surface area contributed by atoms with Crippen molar-refractivity contribution in [3.05, 3.63) is 33.2 Å². The monoisotopic (exact) mass is 325 g/mol. The number of hydrogen-bond donors (Lipinski definition) is 2. The van der Waals surface area contributed by atoms with Gasteiger partial charge in [-0.1, -0.05) is 11.6 Å². The van der Waals surface area contributed by atoms with E-state index in [0.29, 0.717) is 16.8 Å². The molecule has 0 aliphatic rings. The summed E-state index contributed by atoms with van der Waals surface area (Å²) in [5, 5.41) is 1.82. The lowest BCUT2D eigenvalue weighted by Gasteiger charge is -2.27. The van der Waals surface area contributed by atoms with E-state index in [1.54, 1.807) is 0 Å². The van der Waals surface area contributed by atoms with Gasteiger partial charge in [0.2, 0.25) is 5.91 Å². The molecule has 0 unspecified atom stereocenters. The van der Waals surface area contributed by atoms with E-state index in [9.17, 15) is 22.8 Å². The van der Waals surface area contributed by atoms with Crippen LogP contribution in [-0.2, 0) is 16.5 Å². The van der Waals surface area contributed by atoms with E-state index in [-0.39, 0.29) is 13.1 Å². The van der Waals surface area contributed by atoms with E-state index in [1.807, 2.05) is 0 Å². The Labute approximate surface area is 123 Å². The van der Waals surface area contributed by atoms with Crippen LogP contribution in [0.15, 0.2) is 17.1 Å². The molecule has 1 rings (SSSR count). The van der Waals surface area contributed by atoms with Crippen molar-refractivity contribution >= 4 is 17.5 Å². The Morgan fingerprint density at radius 3 is 2.48 bits per heavy atom. The summed E-state index contributed by atoms with van der Waals surface area (Å²) in [6, 6.07) is 0.536. The fourth-order valence-electron chi connectivity index (χ4n) is 1.63. The van der Waals surface area contributed by atoms with Gasteiger partial charge in [-0.15, -0.1) is 0 Å². The van der Waals surface area contributed by atoms with E-state index in [1.165, 1.54) is 13.8 Å². The lowest BCUT2D eigenvalue weighted by atomic mass is 10.0. The number of carbonyl (C=O) groups is 1. The Hall–Kier alpha value is -1.54. The predicted molar refractivity (Wildman–Crippen MR) is 72.1 cm³/mol. The van der Waals surface area contributed by atoms with Crippen LogP contribution in [0.4, 0.5) is 13.2 Å². The highest BCUT2D eigenvalue weighted by atomic mass is 35.5. The molecule has 0 aliphatic carbocycles. The molecule has 0 saturated heterocycles. The zero-order valence-electron chi connectivity index (χ0n) is 11.4. The molecule has 0 atom stereocenters. The lowest BCUT2D eigenvalue weighted by molar-refractivity contribution is -0.139. The average Bonchev–Trinajstić information content (AvgIpc) is 2.37. The molecule has 1 heterocycles. The molecule has 1 amide bonds. The van der Waals surface area contributed by atoms with E-state index >= 15 is 0 Å². The van der Waals surface area contributed by atoms with Crippen LogP contribution >= 0.6 is 11.6 Å². The van der Waals surface area contributed by atoms with Crippen LogP contribution in [0.25, 0.3) is 0 Å². The molecule has 0 aliphatic heterocycles. The van der Waals surface area contributed by atoms with Crippen LogP contribution in [0.5, 0.6) is 0 Å². The van der Waals surface area contributed by atoms with Gasteiger partial charge in [0, 0.05) is 19.3 Å². The molecule has 0 radical (unpaired) electrons. The summed E-state index contributed by atoms with van der Waals surface area (Å²) in [6.45, 7) is 2.94. The van der Waals surface area contributed by atoms with Crippen molar-refractivity contribution in [1.29, 1.82) is 0 Å². The van der Waals surface area contributed by atoms with Gasteiger partial charge in [-0.2, -0.15) is 13.2 Å². The zero-order valence-corrected chi connectivity index (χ0v) is 12.2. The summed E-state index contributed by atoms with van der Waals surface area (Å²) < 4.78 is 39.0. The number of amides is 1. The van der Waals surface area contributed by atoms with Gasteiger partial charge in [-0.3, -0.25) is 14.2 Å². The Morgan fingerprint density at radius 2 is 2.00 bits per heavy atom. The van der Waals surface area contributed by atoms with Gasteiger partial charge in [0.1, 0.15) is 10.6 Å². The number of nitrogens with two attached hydrogens (primary N) is 1. The SMILES string of the molecule is CC(C)(C(=O)NCCN)n1cc(C(F)(F)F)cc(Cl)c1=O. The summed E-state index contributed by atoms with van der Waals surface area (Å²) in [5.74, 6) is -0.634. The zero-order chi connectivity index (χ0) is 16.4. The summed E-state index contributed by atoms with van der Waals surface area (Å²) in [5.41, 5.74) is 1.71. The number of hydrogen-bond acceptors (Lipinski definition) is 3.